The van der Waals surface area contributed by atoms with E-state index in [1.165, 1.54) is 0 Å². The normalized spacial score (nSPS) is 15.8. The number of nitrogen functional groups attached to an aromatic ring is 1. The molecular formula is C19H22N2O3. The first kappa shape index (κ1) is 16.2. The number of para-hydroxylation sites is 2. The van der Waals surface area contributed by atoms with Crippen molar-refractivity contribution in [1.29, 1.82) is 0 Å². The quantitative estimate of drug-likeness (QED) is 0.858. The predicted molar refractivity (Wildman–Crippen MR) is 93.4 cm³/mol. The number of rotatable bonds is 5. The minimum Gasteiger partial charge on any atom is -0.486 e. The Balaban J connectivity index is 1.70. The third-order valence-corrected chi connectivity index (χ3v) is 3.93. The molecule has 1 atom stereocenters. The molecule has 5 nitrogen and oxygen atoms in total. The standard InChI is InChI=1S/C19H22N2O3/c1-2-11-21(19(22)14-7-9-15(20)10-8-14)12-16-13-23-17-5-3-4-6-18(17)24-16/h3-10,16H,2,11-13,20H2,1H3. The first-order valence-electron chi connectivity index (χ1n) is 8.20. The fourth-order valence-corrected chi connectivity index (χ4v) is 2.75. The molecule has 1 amide bonds. The lowest BCUT2D eigenvalue weighted by molar-refractivity contribution is 0.0462. The highest BCUT2D eigenvalue weighted by atomic mass is 16.6. The molecule has 2 aromatic rings. The summed E-state index contributed by atoms with van der Waals surface area (Å²) in [5.41, 5.74) is 6.98. The van der Waals surface area contributed by atoms with Gasteiger partial charge in [-0.15, -0.1) is 0 Å². The van der Waals surface area contributed by atoms with E-state index in [4.69, 9.17) is 15.2 Å². The Morgan fingerprint density at radius 2 is 1.88 bits per heavy atom. The minimum absolute atomic E-state index is 0.0145. The van der Waals surface area contributed by atoms with E-state index in [0.29, 0.717) is 30.9 Å². The maximum atomic E-state index is 12.8. The number of carbonyl (C=O) groups excluding carboxylic acids is 1. The number of amides is 1. The van der Waals surface area contributed by atoms with Crippen molar-refractivity contribution in [2.45, 2.75) is 19.4 Å². The second-order valence-electron chi connectivity index (χ2n) is 5.87. The summed E-state index contributed by atoms with van der Waals surface area (Å²) in [6.07, 6.45) is 0.703. The molecule has 3 rings (SSSR count). The van der Waals surface area contributed by atoms with E-state index in [0.717, 1.165) is 17.9 Å². The van der Waals surface area contributed by atoms with Gasteiger partial charge in [-0.05, 0) is 42.8 Å². The summed E-state index contributed by atoms with van der Waals surface area (Å²) in [5, 5.41) is 0. The highest BCUT2D eigenvalue weighted by Gasteiger charge is 2.25. The van der Waals surface area contributed by atoms with Gasteiger partial charge in [0.15, 0.2) is 17.6 Å². The summed E-state index contributed by atoms with van der Waals surface area (Å²) in [6, 6.07) is 14.6. The van der Waals surface area contributed by atoms with Crippen molar-refractivity contribution in [3.05, 3.63) is 54.1 Å². The van der Waals surface area contributed by atoms with Crippen LogP contribution in [0.3, 0.4) is 0 Å². The summed E-state index contributed by atoms with van der Waals surface area (Å²) in [7, 11) is 0. The van der Waals surface area contributed by atoms with Crippen molar-refractivity contribution in [1.82, 2.24) is 4.90 Å². The van der Waals surface area contributed by atoms with Gasteiger partial charge in [0.1, 0.15) is 6.61 Å². The molecule has 0 spiro atoms. The SMILES string of the molecule is CCCN(CC1COc2ccccc2O1)C(=O)c1ccc(N)cc1. The molecule has 24 heavy (non-hydrogen) atoms. The summed E-state index contributed by atoms with van der Waals surface area (Å²) in [6.45, 7) is 3.65. The Morgan fingerprint density at radius 3 is 2.58 bits per heavy atom. The van der Waals surface area contributed by atoms with Gasteiger partial charge in [0.25, 0.3) is 5.91 Å². The molecule has 126 valence electrons. The molecule has 1 heterocycles. The molecule has 2 aromatic carbocycles. The van der Waals surface area contributed by atoms with E-state index in [9.17, 15) is 4.79 Å². The van der Waals surface area contributed by atoms with Gasteiger partial charge >= 0.3 is 0 Å². The number of carbonyl (C=O) groups is 1. The summed E-state index contributed by atoms with van der Waals surface area (Å²) in [4.78, 5) is 14.6. The lowest BCUT2D eigenvalue weighted by atomic mass is 10.1. The van der Waals surface area contributed by atoms with Crippen LogP contribution in [0.25, 0.3) is 0 Å². The number of anilines is 1. The first-order valence-corrected chi connectivity index (χ1v) is 8.20. The third-order valence-electron chi connectivity index (χ3n) is 3.93. The zero-order valence-electron chi connectivity index (χ0n) is 13.8. The molecule has 0 bridgehead atoms. The number of benzene rings is 2. The topological polar surface area (TPSA) is 64.8 Å². The molecule has 0 saturated carbocycles. The zero-order valence-corrected chi connectivity index (χ0v) is 13.8. The van der Waals surface area contributed by atoms with Crippen molar-refractivity contribution in [2.24, 2.45) is 0 Å². The third kappa shape index (κ3) is 3.62. The fourth-order valence-electron chi connectivity index (χ4n) is 2.75. The number of nitrogens with two attached hydrogens (primary N) is 1. The Kier molecular flexibility index (Phi) is 4.89. The second-order valence-corrected chi connectivity index (χ2v) is 5.87. The second kappa shape index (κ2) is 7.25. The smallest absolute Gasteiger partial charge is 0.253 e. The van der Waals surface area contributed by atoms with Crippen LogP contribution in [0.4, 0.5) is 5.69 Å². The van der Waals surface area contributed by atoms with Gasteiger partial charge in [-0.25, -0.2) is 0 Å². The van der Waals surface area contributed by atoms with Crippen LogP contribution < -0.4 is 15.2 Å². The van der Waals surface area contributed by atoms with Crippen LogP contribution in [0.15, 0.2) is 48.5 Å². The molecule has 5 heteroatoms. The summed E-state index contributed by atoms with van der Waals surface area (Å²) >= 11 is 0. The van der Waals surface area contributed by atoms with Crippen LogP contribution in [0, 0.1) is 0 Å². The molecule has 0 fully saturated rings. The maximum absolute atomic E-state index is 12.8. The highest BCUT2D eigenvalue weighted by Crippen LogP contribution is 2.31. The van der Waals surface area contributed by atoms with Crippen LogP contribution in [-0.4, -0.2) is 36.6 Å². The molecular weight excluding hydrogens is 304 g/mol. The van der Waals surface area contributed by atoms with E-state index in [1.54, 1.807) is 24.3 Å². The first-order chi connectivity index (χ1) is 11.7. The number of fused-ring (bicyclic) bond motifs is 1. The minimum atomic E-state index is -0.177. The van der Waals surface area contributed by atoms with E-state index >= 15 is 0 Å². The van der Waals surface area contributed by atoms with Crippen LogP contribution >= 0.6 is 0 Å². The maximum Gasteiger partial charge on any atom is 0.253 e. The van der Waals surface area contributed by atoms with Gasteiger partial charge in [0.05, 0.1) is 6.54 Å². The van der Waals surface area contributed by atoms with Gasteiger partial charge in [0.2, 0.25) is 0 Å². The lowest BCUT2D eigenvalue weighted by Crippen LogP contribution is -2.44. The highest BCUT2D eigenvalue weighted by molar-refractivity contribution is 5.94. The Hall–Kier alpha value is -2.69. The van der Waals surface area contributed by atoms with E-state index < -0.39 is 0 Å². The molecule has 2 N–H and O–H groups in total. The Bertz CT molecular complexity index is 700. The molecule has 0 saturated heterocycles. The van der Waals surface area contributed by atoms with Crippen LogP contribution in [0.1, 0.15) is 23.7 Å². The van der Waals surface area contributed by atoms with Gasteiger partial charge in [0, 0.05) is 17.8 Å². The molecule has 1 aliphatic heterocycles. The van der Waals surface area contributed by atoms with Crippen LogP contribution in [0.5, 0.6) is 11.5 Å². The van der Waals surface area contributed by atoms with Gasteiger partial charge in [-0.3, -0.25) is 4.79 Å². The van der Waals surface area contributed by atoms with Gasteiger partial charge in [-0.2, -0.15) is 0 Å². The van der Waals surface area contributed by atoms with E-state index in [-0.39, 0.29) is 12.0 Å². The lowest BCUT2D eigenvalue weighted by Gasteiger charge is -2.31. The largest absolute Gasteiger partial charge is 0.486 e. The summed E-state index contributed by atoms with van der Waals surface area (Å²) in [5.74, 6) is 1.46. The van der Waals surface area contributed by atoms with E-state index in [1.807, 2.05) is 29.2 Å². The van der Waals surface area contributed by atoms with Crippen molar-refractivity contribution >= 4 is 11.6 Å². The average Bonchev–Trinajstić information content (AvgIpc) is 2.61. The molecule has 0 aliphatic carbocycles. The zero-order chi connectivity index (χ0) is 16.9. The number of hydrogen-bond acceptors (Lipinski definition) is 4. The molecule has 1 aliphatic rings. The van der Waals surface area contributed by atoms with Crippen LogP contribution in [-0.2, 0) is 0 Å². The predicted octanol–water partition coefficient (Wildman–Crippen LogP) is 2.96. The van der Waals surface area contributed by atoms with Crippen LogP contribution in [0.2, 0.25) is 0 Å². The number of nitrogens with zero attached hydrogens (tertiary/aromatic N) is 1. The fraction of sp³-hybridized carbons (Fsp3) is 0.316. The van der Waals surface area contributed by atoms with Gasteiger partial charge in [-0.1, -0.05) is 19.1 Å². The number of ether oxygens (including phenoxy) is 2. The monoisotopic (exact) mass is 326 g/mol. The Morgan fingerprint density at radius 1 is 1.17 bits per heavy atom. The van der Waals surface area contributed by atoms with Crippen molar-refractivity contribution in [2.75, 3.05) is 25.4 Å². The molecule has 0 aromatic heterocycles. The van der Waals surface area contributed by atoms with E-state index in [2.05, 4.69) is 6.92 Å². The average molecular weight is 326 g/mol. The van der Waals surface area contributed by atoms with Crippen molar-refractivity contribution < 1.29 is 14.3 Å². The Labute approximate surface area is 142 Å². The summed E-state index contributed by atoms with van der Waals surface area (Å²) < 4.78 is 11.7. The van der Waals surface area contributed by atoms with Gasteiger partial charge < -0.3 is 20.1 Å². The molecule has 1 unspecified atom stereocenters. The molecule has 0 radical (unpaired) electrons. The van der Waals surface area contributed by atoms with Crippen molar-refractivity contribution in [3.63, 3.8) is 0 Å². The number of hydrogen-bond donors (Lipinski definition) is 1. The van der Waals surface area contributed by atoms with Crippen molar-refractivity contribution in [3.8, 4) is 11.5 Å².